The molecule has 3 heteroatoms. The number of furan rings is 1. The Bertz CT molecular complexity index is 310. The van der Waals surface area contributed by atoms with Gasteiger partial charge in [0.05, 0.1) is 12.9 Å². The van der Waals surface area contributed by atoms with Crippen LogP contribution in [0.1, 0.15) is 23.2 Å². The van der Waals surface area contributed by atoms with E-state index >= 15 is 0 Å². The van der Waals surface area contributed by atoms with Crippen molar-refractivity contribution in [3.8, 4) is 0 Å². The van der Waals surface area contributed by atoms with Gasteiger partial charge in [0.25, 0.3) is 0 Å². The number of ketones is 1. The van der Waals surface area contributed by atoms with Gasteiger partial charge in [0.1, 0.15) is 5.76 Å². The summed E-state index contributed by atoms with van der Waals surface area (Å²) in [6.07, 6.45) is 2.72. The Morgan fingerprint density at radius 1 is 1.62 bits per heavy atom. The summed E-state index contributed by atoms with van der Waals surface area (Å²) in [5.74, 6) is 0.892. The van der Waals surface area contributed by atoms with Crippen molar-refractivity contribution >= 4 is 5.78 Å². The van der Waals surface area contributed by atoms with Crippen LogP contribution >= 0.6 is 0 Å². The number of ether oxygens (including phenoxy) is 1. The van der Waals surface area contributed by atoms with Gasteiger partial charge in [-0.05, 0) is 26.0 Å². The van der Waals surface area contributed by atoms with E-state index in [1.54, 1.807) is 19.1 Å². The smallest absolute Gasteiger partial charge is 0.224 e. The molecule has 1 aromatic rings. The van der Waals surface area contributed by atoms with E-state index in [9.17, 15) is 4.79 Å². The van der Waals surface area contributed by atoms with Crippen molar-refractivity contribution < 1.29 is 13.9 Å². The van der Waals surface area contributed by atoms with Crippen molar-refractivity contribution in [3.63, 3.8) is 0 Å². The molecule has 0 saturated carbocycles. The van der Waals surface area contributed by atoms with E-state index in [2.05, 4.69) is 0 Å². The molecule has 0 radical (unpaired) electrons. The van der Waals surface area contributed by atoms with Crippen LogP contribution in [0.15, 0.2) is 28.9 Å². The third kappa shape index (κ3) is 2.78. The summed E-state index contributed by atoms with van der Waals surface area (Å²) in [5.41, 5.74) is 0. The molecular formula is C10H12O3. The van der Waals surface area contributed by atoms with Gasteiger partial charge in [-0.25, -0.2) is 0 Å². The third-order valence-corrected chi connectivity index (χ3v) is 1.47. The van der Waals surface area contributed by atoms with Crippen molar-refractivity contribution in [1.82, 2.24) is 0 Å². The van der Waals surface area contributed by atoms with Crippen LogP contribution in [0, 0.1) is 6.92 Å². The lowest BCUT2D eigenvalue weighted by Gasteiger charge is -1.91. The molecule has 0 atom stereocenters. The highest BCUT2D eigenvalue weighted by Crippen LogP contribution is 2.07. The number of rotatable bonds is 4. The zero-order valence-corrected chi connectivity index (χ0v) is 7.74. The molecular weight excluding hydrogens is 168 g/mol. The zero-order chi connectivity index (χ0) is 9.68. The molecule has 3 nitrogen and oxygen atoms in total. The van der Waals surface area contributed by atoms with Crippen molar-refractivity contribution in [3.05, 3.63) is 36.0 Å². The minimum Gasteiger partial charge on any atom is -0.501 e. The van der Waals surface area contributed by atoms with Crippen molar-refractivity contribution in [1.29, 1.82) is 0 Å². The van der Waals surface area contributed by atoms with Crippen molar-refractivity contribution in [2.75, 3.05) is 6.61 Å². The Kier molecular flexibility index (Phi) is 3.31. The molecule has 1 heterocycles. The Balaban J connectivity index is 2.58. The lowest BCUT2D eigenvalue weighted by Crippen LogP contribution is -1.91. The van der Waals surface area contributed by atoms with E-state index in [-0.39, 0.29) is 5.78 Å². The molecule has 0 fully saturated rings. The first-order valence-corrected chi connectivity index (χ1v) is 4.13. The van der Waals surface area contributed by atoms with Crippen molar-refractivity contribution in [2.45, 2.75) is 13.8 Å². The van der Waals surface area contributed by atoms with Crippen LogP contribution in [-0.4, -0.2) is 12.4 Å². The number of hydrogen-bond donors (Lipinski definition) is 0. The van der Waals surface area contributed by atoms with Gasteiger partial charge >= 0.3 is 0 Å². The second kappa shape index (κ2) is 4.50. The van der Waals surface area contributed by atoms with E-state index < -0.39 is 0 Å². The minimum absolute atomic E-state index is 0.179. The predicted molar refractivity (Wildman–Crippen MR) is 48.5 cm³/mol. The van der Waals surface area contributed by atoms with E-state index in [0.29, 0.717) is 12.4 Å². The summed E-state index contributed by atoms with van der Waals surface area (Å²) in [7, 11) is 0. The highest BCUT2D eigenvalue weighted by Gasteiger charge is 2.05. The molecule has 0 aliphatic heterocycles. The normalized spacial score (nSPS) is 10.6. The third-order valence-electron chi connectivity index (χ3n) is 1.47. The maximum absolute atomic E-state index is 11.3. The summed E-state index contributed by atoms with van der Waals surface area (Å²) in [4.78, 5) is 11.3. The Morgan fingerprint density at radius 2 is 2.38 bits per heavy atom. The molecule has 0 saturated heterocycles. The molecule has 0 bridgehead atoms. The number of allylic oxidation sites excluding steroid dienone is 1. The number of carbonyl (C=O) groups is 1. The average molecular weight is 180 g/mol. The quantitative estimate of drug-likeness (QED) is 0.405. The summed E-state index contributed by atoms with van der Waals surface area (Å²) < 4.78 is 10.0. The first-order chi connectivity index (χ1) is 6.24. The minimum atomic E-state index is -0.179. The molecule has 70 valence electrons. The predicted octanol–water partition coefficient (Wildman–Crippen LogP) is 2.32. The molecule has 1 aromatic heterocycles. The van der Waals surface area contributed by atoms with Gasteiger partial charge in [0.15, 0.2) is 5.76 Å². The van der Waals surface area contributed by atoms with Gasteiger partial charge in [0, 0.05) is 6.08 Å². The fourth-order valence-electron chi connectivity index (χ4n) is 0.855. The molecule has 13 heavy (non-hydrogen) atoms. The highest BCUT2D eigenvalue weighted by molar-refractivity contribution is 6.02. The SMILES string of the molecule is CCO/C=C/C(=O)c1ccc(C)o1. The number of carbonyl (C=O) groups excluding carboxylic acids is 1. The summed E-state index contributed by atoms with van der Waals surface area (Å²) in [6.45, 7) is 4.20. The largest absolute Gasteiger partial charge is 0.501 e. The van der Waals surface area contributed by atoms with E-state index in [4.69, 9.17) is 9.15 Å². The molecule has 0 unspecified atom stereocenters. The van der Waals surface area contributed by atoms with E-state index in [0.717, 1.165) is 5.76 Å². The lowest BCUT2D eigenvalue weighted by molar-refractivity contribution is 0.101. The molecule has 0 aliphatic rings. The Hall–Kier alpha value is -1.51. The standard InChI is InChI=1S/C10H12O3/c1-3-12-7-6-9(11)10-5-4-8(2)13-10/h4-7H,3H2,1-2H3/b7-6+. The molecule has 0 amide bonds. The van der Waals surface area contributed by atoms with Crippen LogP contribution < -0.4 is 0 Å². The van der Waals surface area contributed by atoms with Gasteiger partial charge < -0.3 is 9.15 Å². The molecule has 0 N–H and O–H groups in total. The van der Waals surface area contributed by atoms with Crippen LogP contribution in [0.4, 0.5) is 0 Å². The maximum atomic E-state index is 11.3. The first-order valence-electron chi connectivity index (χ1n) is 4.13. The molecule has 0 aliphatic carbocycles. The van der Waals surface area contributed by atoms with Gasteiger partial charge in [0.2, 0.25) is 5.78 Å². The summed E-state index contributed by atoms with van der Waals surface area (Å²) >= 11 is 0. The molecule has 1 rings (SSSR count). The first kappa shape index (κ1) is 9.58. The fourth-order valence-corrected chi connectivity index (χ4v) is 0.855. The van der Waals surface area contributed by atoms with Crippen LogP contribution in [0.3, 0.4) is 0 Å². The van der Waals surface area contributed by atoms with Gasteiger partial charge in [-0.1, -0.05) is 0 Å². The van der Waals surface area contributed by atoms with E-state index in [1.165, 1.54) is 12.3 Å². The van der Waals surface area contributed by atoms with Gasteiger partial charge in [-0.3, -0.25) is 4.79 Å². The summed E-state index contributed by atoms with van der Waals surface area (Å²) in [6, 6.07) is 3.40. The highest BCUT2D eigenvalue weighted by atomic mass is 16.5. The van der Waals surface area contributed by atoms with Crippen LogP contribution in [0.5, 0.6) is 0 Å². The maximum Gasteiger partial charge on any atom is 0.224 e. The Morgan fingerprint density at radius 3 is 2.92 bits per heavy atom. The van der Waals surface area contributed by atoms with Gasteiger partial charge in [-0.15, -0.1) is 0 Å². The van der Waals surface area contributed by atoms with Crippen LogP contribution in [0.25, 0.3) is 0 Å². The number of aryl methyl sites for hydroxylation is 1. The lowest BCUT2D eigenvalue weighted by atomic mass is 10.3. The summed E-state index contributed by atoms with van der Waals surface area (Å²) in [5, 5.41) is 0. The van der Waals surface area contributed by atoms with Crippen LogP contribution in [0.2, 0.25) is 0 Å². The Labute approximate surface area is 77.0 Å². The zero-order valence-electron chi connectivity index (χ0n) is 7.74. The topological polar surface area (TPSA) is 39.4 Å². The van der Waals surface area contributed by atoms with Crippen molar-refractivity contribution in [2.24, 2.45) is 0 Å². The second-order valence-electron chi connectivity index (χ2n) is 2.53. The molecule has 0 aromatic carbocycles. The molecule has 0 spiro atoms. The average Bonchev–Trinajstić information content (AvgIpc) is 2.52. The number of hydrogen-bond acceptors (Lipinski definition) is 3. The fraction of sp³-hybridized carbons (Fsp3) is 0.300. The monoisotopic (exact) mass is 180 g/mol. The second-order valence-corrected chi connectivity index (χ2v) is 2.53. The van der Waals surface area contributed by atoms with Crippen LogP contribution in [-0.2, 0) is 4.74 Å². The van der Waals surface area contributed by atoms with E-state index in [1.807, 2.05) is 6.92 Å². The van der Waals surface area contributed by atoms with Gasteiger partial charge in [-0.2, -0.15) is 0 Å².